The van der Waals surface area contributed by atoms with Gasteiger partial charge < -0.3 is 10.6 Å². The maximum Gasteiger partial charge on any atom is 0.251 e. The number of nitrogens with one attached hydrogen (secondary N) is 2. The van der Waals surface area contributed by atoms with Gasteiger partial charge in [-0.25, -0.2) is 4.39 Å². The fraction of sp³-hybridized carbons (Fsp3) is 0.467. The molecule has 0 heterocycles. The van der Waals surface area contributed by atoms with Gasteiger partial charge in [0.15, 0.2) is 0 Å². The molecule has 108 valence electrons. The van der Waals surface area contributed by atoms with Gasteiger partial charge in [-0.05, 0) is 43.0 Å². The molecule has 1 aromatic rings. The van der Waals surface area contributed by atoms with Crippen molar-refractivity contribution in [2.24, 2.45) is 5.92 Å². The molecule has 4 nitrogen and oxygen atoms in total. The summed E-state index contributed by atoms with van der Waals surface area (Å²) in [5, 5.41) is 5.60. The molecule has 20 heavy (non-hydrogen) atoms. The molecular weight excluding hydrogens is 259 g/mol. The molecule has 5 heteroatoms. The largest absolute Gasteiger partial charge is 0.352 e. The van der Waals surface area contributed by atoms with Crippen LogP contribution in [-0.2, 0) is 4.79 Å². The van der Waals surface area contributed by atoms with Gasteiger partial charge in [0.05, 0.1) is 0 Å². The highest BCUT2D eigenvalue weighted by Crippen LogP contribution is 2.19. The molecule has 2 N–H and O–H groups in total. The van der Waals surface area contributed by atoms with Gasteiger partial charge in [-0.3, -0.25) is 9.59 Å². The van der Waals surface area contributed by atoms with Crippen LogP contribution < -0.4 is 10.6 Å². The zero-order valence-electron chi connectivity index (χ0n) is 11.7. The van der Waals surface area contributed by atoms with E-state index in [1.165, 1.54) is 24.3 Å². The van der Waals surface area contributed by atoms with E-state index >= 15 is 0 Å². The molecule has 0 saturated heterocycles. The van der Waals surface area contributed by atoms with E-state index in [4.69, 9.17) is 0 Å². The number of rotatable bonds is 5. The lowest BCUT2D eigenvalue weighted by atomic mass is 10.0. The van der Waals surface area contributed by atoms with E-state index in [0.29, 0.717) is 5.56 Å². The second kappa shape index (κ2) is 6.03. The van der Waals surface area contributed by atoms with E-state index in [2.05, 4.69) is 10.6 Å². The van der Waals surface area contributed by atoms with Crippen LogP contribution >= 0.6 is 0 Å². The van der Waals surface area contributed by atoms with Crippen LogP contribution in [0.15, 0.2) is 24.3 Å². The Labute approximate surface area is 117 Å². The highest BCUT2D eigenvalue weighted by atomic mass is 19.1. The SMILES string of the molecule is CC(C)[C@H](NC(=O)c1ccc(F)cc1)C(=O)NC1CC1. The summed E-state index contributed by atoms with van der Waals surface area (Å²) in [6, 6.07) is 4.94. The number of hydrogen-bond donors (Lipinski definition) is 2. The fourth-order valence-electron chi connectivity index (χ4n) is 1.88. The summed E-state index contributed by atoms with van der Waals surface area (Å²) in [6.07, 6.45) is 2.00. The Morgan fingerprint density at radius 3 is 2.30 bits per heavy atom. The van der Waals surface area contributed by atoms with Crippen molar-refractivity contribution in [3.05, 3.63) is 35.6 Å². The van der Waals surface area contributed by atoms with Crippen molar-refractivity contribution < 1.29 is 14.0 Å². The zero-order chi connectivity index (χ0) is 14.7. The Balaban J connectivity index is 2.01. The Morgan fingerprint density at radius 2 is 1.80 bits per heavy atom. The summed E-state index contributed by atoms with van der Waals surface area (Å²) < 4.78 is 12.8. The normalized spacial score (nSPS) is 15.8. The first kappa shape index (κ1) is 14.5. The standard InChI is InChI=1S/C15H19FN2O2/c1-9(2)13(15(20)17-12-7-8-12)18-14(19)10-3-5-11(16)6-4-10/h3-6,9,12-13H,7-8H2,1-2H3,(H,17,20)(H,18,19)/t13-/m0/s1. The van der Waals surface area contributed by atoms with Gasteiger partial charge >= 0.3 is 0 Å². The van der Waals surface area contributed by atoms with Crippen LogP contribution in [-0.4, -0.2) is 23.9 Å². The van der Waals surface area contributed by atoms with Crippen molar-refractivity contribution in [2.45, 2.75) is 38.8 Å². The van der Waals surface area contributed by atoms with E-state index in [-0.39, 0.29) is 23.8 Å². The molecule has 1 aliphatic carbocycles. The van der Waals surface area contributed by atoms with Crippen molar-refractivity contribution in [1.82, 2.24) is 10.6 Å². The molecule has 0 aromatic heterocycles. The van der Waals surface area contributed by atoms with Crippen LogP contribution in [0.3, 0.4) is 0 Å². The number of benzene rings is 1. The van der Waals surface area contributed by atoms with Gasteiger partial charge in [-0.1, -0.05) is 13.8 Å². The average molecular weight is 278 g/mol. The molecule has 0 bridgehead atoms. The predicted octanol–water partition coefficient (Wildman–Crippen LogP) is 1.86. The number of carbonyl (C=O) groups excluding carboxylic acids is 2. The average Bonchev–Trinajstić information content (AvgIpc) is 3.19. The minimum Gasteiger partial charge on any atom is -0.352 e. The summed E-state index contributed by atoms with van der Waals surface area (Å²) in [7, 11) is 0. The molecular formula is C15H19FN2O2. The van der Waals surface area contributed by atoms with Gasteiger partial charge in [-0.2, -0.15) is 0 Å². The smallest absolute Gasteiger partial charge is 0.251 e. The molecule has 0 spiro atoms. The Bertz CT molecular complexity index is 495. The molecule has 1 aromatic carbocycles. The van der Waals surface area contributed by atoms with Crippen molar-refractivity contribution in [3.63, 3.8) is 0 Å². The molecule has 1 fully saturated rings. The first-order chi connectivity index (χ1) is 9.47. The van der Waals surface area contributed by atoms with Crippen LogP contribution in [0.25, 0.3) is 0 Å². The zero-order valence-corrected chi connectivity index (χ0v) is 11.7. The molecule has 1 aliphatic rings. The van der Waals surface area contributed by atoms with Crippen molar-refractivity contribution in [2.75, 3.05) is 0 Å². The highest BCUT2D eigenvalue weighted by molar-refractivity contribution is 5.97. The highest BCUT2D eigenvalue weighted by Gasteiger charge is 2.30. The molecule has 2 amide bonds. The lowest BCUT2D eigenvalue weighted by molar-refractivity contribution is -0.124. The summed E-state index contributed by atoms with van der Waals surface area (Å²) in [5.74, 6) is -0.931. The van der Waals surface area contributed by atoms with E-state index in [9.17, 15) is 14.0 Å². The third kappa shape index (κ3) is 3.79. The second-order valence-electron chi connectivity index (χ2n) is 5.48. The van der Waals surface area contributed by atoms with Crippen molar-refractivity contribution in [1.29, 1.82) is 0 Å². The number of halogens is 1. The molecule has 1 saturated carbocycles. The fourth-order valence-corrected chi connectivity index (χ4v) is 1.88. The monoisotopic (exact) mass is 278 g/mol. The molecule has 1 atom stereocenters. The van der Waals surface area contributed by atoms with E-state index in [0.717, 1.165) is 12.8 Å². The quantitative estimate of drug-likeness (QED) is 0.863. The Kier molecular flexibility index (Phi) is 4.37. The first-order valence-electron chi connectivity index (χ1n) is 6.84. The van der Waals surface area contributed by atoms with E-state index in [1.807, 2.05) is 13.8 Å². The summed E-state index contributed by atoms with van der Waals surface area (Å²) in [6.45, 7) is 3.75. The van der Waals surface area contributed by atoms with Crippen molar-refractivity contribution in [3.8, 4) is 0 Å². The molecule has 0 radical (unpaired) electrons. The summed E-state index contributed by atoms with van der Waals surface area (Å²) in [4.78, 5) is 24.1. The van der Waals surface area contributed by atoms with Crippen LogP contribution in [0.4, 0.5) is 4.39 Å². The van der Waals surface area contributed by atoms with E-state index < -0.39 is 11.9 Å². The van der Waals surface area contributed by atoms with Gasteiger partial charge in [0.2, 0.25) is 5.91 Å². The molecule has 0 unspecified atom stereocenters. The van der Waals surface area contributed by atoms with Gasteiger partial charge in [0.1, 0.15) is 11.9 Å². The summed E-state index contributed by atoms with van der Waals surface area (Å²) >= 11 is 0. The third-order valence-electron chi connectivity index (χ3n) is 3.27. The van der Waals surface area contributed by atoms with Crippen LogP contribution in [0.5, 0.6) is 0 Å². The second-order valence-corrected chi connectivity index (χ2v) is 5.48. The molecule has 2 rings (SSSR count). The summed E-state index contributed by atoms with van der Waals surface area (Å²) in [5.41, 5.74) is 0.344. The maximum atomic E-state index is 12.8. The van der Waals surface area contributed by atoms with Crippen LogP contribution in [0, 0.1) is 11.7 Å². The van der Waals surface area contributed by atoms with Gasteiger partial charge in [-0.15, -0.1) is 0 Å². The van der Waals surface area contributed by atoms with Crippen molar-refractivity contribution >= 4 is 11.8 Å². The maximum absolute atomic E-state index is 12.8. The van der Waals surface area contributed by atoms with Gasteiger partial charge in [0, 0.05) is 11.6 Å². The Morgan fingerprint density at radius 1 is 1.20 bits per heavy atom. The number of amides is 2. The first-order valence-corrected chi connectivity index (χ1v) is 6.84. The lowest BCUT2D eigenvalue weighted by Crippen LogP contribution is -2.50. The van der Waals surface area contributed by atoms with Crippen LogP contribution in [0.2, 0.25) is 0 Å². The number of hydrogen-bond acceptors (Lipinski definition) is 2. The lowest BCUT2D eigenvalue weighted by Gasteiger charge is -2.21. The minimum absolute atomic E-state index is 0.0156. The topological polar surface area (TPSA) is 58.2 Å². The van der Waals surface area contributed by atoms with E-state index in [1.54, 1.807) is 0 Å². The third-order valence-corrected chi connectivity index (χ3v) is 3.27. The minimum atomic E-state index is -0.576. The van der Waals surface area contributed by atoms with Gasteiger partial charge in [0.25, 0.3) is 5.91 Å². The van der Waals surface area contributed by atoms with Crippen LogP contribution in [0.1, 0.15) is 37.0 Å². The molecule has 0 aliphatic heterocycles. The number of carbonyl (C=O) groups is 2. The Hall–Kier alpha value is -1.91. The predicted molar refractivity (Wildman–Crippen MR) is 73.7 cm³/mol.